The lowest BCUT2D eigenvalue weighted by Crippen LogP contribution is -2.15. The number of amides is 1. The fraction of sp³-hybridized carbons (Fsp3) is 0.200. The lowest BCUT2D eigenvalue weighted by molar-refractivity contribution is 0.102. The van der Waals surface area contributed by atoms with Crippen LogP contribution in [0.15, 0.2) is 71.7 Å². The molecule has 7 nitrogen and oxygen atoms in total. The second kappa shape index (κ2) is 9.43. The predicted molar refractivity (Wildman–Crippen MR) is 125 cm³/mol. The van der Waals surface area contributed by atoms with Gasteiger partial charge in [-0.3, -0.25) is 14.3 Å². The second-order valence-corrected chi connectivity index (χ2v) is 7.48. The number of nitrogens with zero attached hydrogens (tertiary/aromatic N) is 3. The van der Waals surface area contributed by atoms with Gasteiger partial charge >= 0.3 is 0 Å². The largest absolute Gasteiger partial charge is 0.322 e. The standard InChI is InChI=1S/C25H25N5O2/c1-3-19-14-23(31)29-24(27-19)18-11-8-12-20(13-18)28-25(32)21-15-26-30(22(21)4-2)16-17-9-6-5-7-10-17/h5-15H,3-4,16H2,1-2H3,(H,28,32)(H,27,29,31). The van der Waals surface area contributed by atoms with Crippen LogP contribution in [0.2, 0.25) is 0 Å². The summed E-state index contributed by atoms with van der Waals surface area (Å²) in [6, 6.07) is 18.8. The van der Waals surface area contributed by atoms with Crippen molar-refractivity contribution in [2.45, 2.75) is 33.2 Å². The molecule has 1 amide bonds. The van der Waals surface area contributed by atoms with Crippen LogP contribution in [0.4, 0.5) is 5.69 Å². The van der Waals surface area contributed by atoms with E-state index in [0.29, 0.717) is 36.5 Å². The van der Waals surface area contributed by atoms with E-state index in [1.165, 1.54) is 6.07 Å². The highest BCUT2D eigenvalue weighted by Gasteiger charge is 2.17. The van der Waals surface area contributed by atoms with E-state index in [2.05, 4.69) is 20.4 Å². The number of hydrogen-bond donors (Lipinski definition) is 2. The molecule has 0 spiro atoms. The van der Waals surface area contributed by atoms with Crippen molar-refractivity contribution in [2.24, 2.45) is 0 Å². The Balaban J connectivity index is 1.57. The molecule has 0 aliphatic carbocycles. The molecule has 0 atom stereocenters. The van der Waals surface area contributed by atoms with Crippen LogP contribution in [-0.4, -0.2) is 25.7 Å². The molecule has 0 saturated heterocycles. The molecular formula is C25H25N5O2. The Labute approximate surface area is 186 Å². The van der Waals surface area contributed by atoms with Gasteiger partial charge in [0.2, 0.25) is 0 Å². The van der Waals surface area contributed by atoms with E-state index in [-0.39, 0.29) is 11.5 Å². The minimum absolute atomic E-state index is 0.195. The van der Waals surface area contributed by atoms with E-state index in [0.717, 1.165) is 22.5 Å². The summed E-state index contributed by atoms with van der Waals surface area (Å²) in [5.74, 6) is 0.262. The van der Waals surface area contributed by atoms with E-state index >= 15 is 0 Å². The van der Waals surface area contributed by atoms with Gasteiger partial charge in [-0.15, -0.1) is 0 Å². The number of aryl methyl sites for hydroxylation is 1. The Morgan fingerprint density at radius 2 is 1.84 bits per heavy atom. The van der Waals surface area contributed by atoms with Gasteiger partial charge in [-0.1, -0.05) is 56.3 Å². The molecule has 0 saturated carbocycles. The number of rotatable bonds is 7. The Morgan fingerprint density at radius 3 is 2.59 bits per heavy atom. The highest BCUT2D eigenvalue weighted by molar-refractivity contribution is 6.05. The first-order valence-corrected chi connectivity index (χ1v) is 10.7. The van der Waals surface area contributed by atoms with Crippen LogP contribution in [0.25, 0.3) is 11.4 Å². The van der Waals surface area contributed by atoms with Gasteiger partial charge in [0.1, 0.15) is 5.82 Å². The lowest BCUT2D eigenvalue weighted by atomic mass is 10.1. The number of H-pyrrole nitrogens is 1. The number of anilines is 1. The van der Waals surface area contributed by atoms with Crippen molar-refractivity contribution in [3.05, 3.63) is 99.7 Å². The number of hydrogen-bond acceptors (Lipinski definition) is 4. The van der Waals surface area contributed by atoms with Crippen molar-refractivity contribution in [2.75, 3.05) is 5.32 Å². The number of carbonyl (C=O) groups excluding carboxylic acids is 1. The maximum Gasteiger partial charge on any atom is 0.259 e. The lowest BCUT2D eigenvalue weighted by Gasteiger charge is -2.10. The first-order valence-electron chi connectivity index (χ1n) is 10.7. The quantitative estimate of drug-likeness (QED) is 0.465. The van der Waals surface area contributed by atoms with E-state index in [1.807, 2.05) is 67.1 Å². The Kier molecular flexibility index (Phi) is 6.26. The summed E-state index contributed by atoms with van der Waals surface area (Å²) in [5.41, 5.74) is 4.43. The Morgan fingerprint density at radius 1 is 1.03 bits per heavy atom. The number of aromatic amines is 1. The monoisotopic (exact) mass is 427 g/mol. The maximum atomic E-state index is 13.0. The average Bonchev–Trinajstić information content (AvgIpc) is 3.22. The molecule has 4 aromatic rings. The number of nitrogens with one attached hydrogen (secondary N) is 2. The summed E-state index contributed by atoms with van der Waals surface area (Å²) in [6.45, 7) is 4.57. The highest BCUT2D eigenvalue weighted by atomic mass is 16.1. The minimum atomic E-state index is -0.220. The molecule has 2 heterocycles. The van der Waals surface area contributed by atoms with Crippen LogP contribution in [0.3, 0.4) is 0 Å². The molecule has 0 bridgehead atoms. The van der Waals surface area contributed by atoms with Gasteiger partial charge in [-0.25, -0.2) is 4.98 Å². The molecular weight excluding hydrogens is 402 g/mol. The summed E-state index contributed by atoms with van der Waals surface area (Å²) < 4.78 is 1.87. The Bertz CT molecular complexity index is 1290. The molecule has 2 N–H and O–H groups in total. The van der Waals surface area contributed by atoms with Crippen LogP contribution in [0, 0.1) is 0 Å². The fourth-order valence-electron chi connectivity index (χ4n) is 3.63. The molecule has 7 heteroatoms. The van der Waals surface area contributed by atoms with Crippen LogP contribution < -0.4 is 10.9 Å². The number of benzene rings is 2. The van der Waals surface area contributed by atoms with E-state index < -0.39 is 0 Å². The van der Waals surface area contributed by atoms with Gasteiger partial charge in [-0.05, 0) is 30.5 Å². The molecule has 0 unspecified atom stereocenters. The SMILES string of the molecule is CCc1cc(=O)[nH]c(-c2cccc(NC(=O)c3cnn(Cc4ccccc4)c3CC)c2)n1. The van der Waals surface area contributed by atoms with Crippen LogP contribution in [-0.2, 0) is 19.4 Å². The molecule has 2 aromatic heterocycles. The third-order valence-electron chi connectivity index (χ3n) is 5.25. The summed E-state index contributed by atoms with van der Waals surface area (Å²) in [6.07, 6.45) is 2.97. The topological polar surface area (TPSA) is 92.7 Å². The molecule has 0 radical (unpaired) electrons. The minimum Gasteiger partial charge on any atom is -0.322 e. The van der Waals surface area contributed by atoms with Crippen molar-refractivity contribution < 1.29 is 4.79 Å². The molecule has 0 aliphatic rings. The molecule has 32 heavy (non-hydrogen) atoms. The van der Waals surface area contributed by atoms with Crippen molar-refractivity contribution >= 4 is 11.6 Å². The van der Waals surface area contributed by atoms with Crippen molar-refractivity contribution in [1.29, 1.82) is 0 Å². The van der Waals surface area contributed by atoms with E-state index in [1.54, 1.807) is 12.3 Å². The number of aromatic nitrogens is 4. The summed E-state index contributed by atoms with van der Waals surface area (Å²) >= 11 is 0. The second-order valence-electron chi connectivity index (χ2n) is 7.48. The summed E-state index contributed by atoms with van der Waals surface area (Å²) in [4.78, 5) is 32.2. The van der Waals surface area contributed by atoms with Gasteiger partial charge in [0.15, 0.2) is 0 Å². The van der Waals surface area contributed by atoms with Crippen LogP contribution in [0.1, 0.15) is 41.2 Å². The molecule has 162 valence electrons. The third-order valence-corrected chi connectivity index (χ3v) is 5.25. The van der Waals surface area contributed by atoms with Gasteiger partial charge in [0, 0.05) is 23.0 Å². The van der Waals surface area contributed by atoms with E-state index in [4.69, 9.17) is 0 Å². The zero-order chi connectivity index (χ0) is 22.5. The van der Waals surface area contributed by atoms with E-state index in [9.17, 15) is 9.59 Å². The van der Waals surface area contributed by atoms with Gasteiger partial charge in [0.05, 0.1) is 24.0 Å². The average molecular weight is 428 g/mol. The normalized spacial score (nSPS) is 10.8. The third kappa shape index (κ3) is 4.67. The number of carbonyl (C=O) groups is 1. The van der Waals surface area contributed by atoms with Gasteiger partial charge in [0.25, 0.3) is 11.5 Å². The van der Waals surface area contributed by atoms with Gasteiger partial charge < -0.3 is 10.3 Å². The van der Waals surface area contributed by atoms with Crippen molar-refractivity contribution in [3.63, 3.8) is 0 Å². The van der Waals surface area contributed by atoms with Crippen LogP contribution in [0.5, 0.6) is 0 Å². The molecule has 4 rings (SSSR count). The van der Waals surface area contributed by atoms with Crippen LogP contribution >= 0.6 is 0 Å². The van der Waals surface area contributed by atoms with Crippen molar-refractivity contribution in [1.82, 2.24) is 19.7 Å². The summed E-state index contributed by atoms with van der Waals surface area (Å²) in [5, 5.41) is 7.40. The molecule has 0 fully saturated rings. The highest BCUT2D eigenvalue weighted by Crippen LogP contribution is 2.21. The van der Waals surface area contributed by atoms with Crippen molar-refractivity contribution in [3.8, 4) is 11.4 Å². The predicted octanol–water partition coefficient (Wildman–Crippen LogP) is 4.06. The maximum absolute atomic E-state index is 13.0. The fourth-order valence-corrected chi connectivity index (χ4v) is 3.63. The summed E-state index contributed by atoms with van der Waals surface area (Å²) in [7, 11) is 0. The zero-order valence-electron chi connectivity index (χ0n) is 18.1. The Hall–Kier alpha value is -4.00. The first kappa shape index (κ1) is 21.2. The molecule has 2 aromatic carbocycles. The smallest absolute Gasteiger partial charge is 0.259 e. The molecule has 0 aliphatic heterocycles. The first-order chi connectivity index (χ1) is 15.6. The zero-order valence-corrected chi connectivity index (χ0v) is 18.1. The van der Waals surface area contributed by atoms with Gasteiger partial charge in [-0.2, -0.15) is 5.10 Å².